The molecule has 2 N–H and O–H groups in total. The molecule has 11 heteroatoms. The lowest BCUT2D eigenvalue weighted by molar-refractivity contribution is -0.137. The molecular weight excluding hydrogens is 433 g/mol. The molecule has 2 aromatic rings. The highest BCUT2D eigenvalue weighted by atomic mass is 35.5. The number of nitrogens with one attached hydrogen (secondary N) is 2. The van der Waals surface area contributed by atoms with E-state index in [9.17, 15) is 26.4 Å². The second-order valence-corrected chi connectivity index (χ2v) is 8.28. The predicted octanol–water partition coefficient (Wildman–Crippen LogP) is 3.98. The molecule has 0 bridgehead atoms. The Morgan fingerprint density at radius 1 is 1.17 bits per heavy atom. The number of carbonyl (C=O) groups excluding carboxylic acids is 1. The lowest BCUT2D eigenvalue weighted by Crippen LogP contribution is -2.41. The molecule has 6 nitrogen and oxygen atoms in total. The van der Waals surface area contributed by atoms with Crippen molar-refractivity contribution in [2.75, 3.05) is 12.4 Å². The minimum atomic E-state index is -4.62. The van der Waals surface area contributed by atoms with Crippen LogP contribution in [0.25, 0.3) is 0 Å². The van der Waals surface area contributed by atoms with Gasteiger partial charge in [-0.2, -0.15) is 17.9 Å². The topological polar surface area (TPSA) is 84.5 Å². The summed E-state index contributed by atoms with van der Waals surface area (Å²) in [6.07, 6.45) is -4.62. The Balaban J connectivity index is 2.18. The fraction of sp³-hybridized carbons (Fsp3) is 0.278. The molecule has 158 valence electrons. The molecule has 0 aliphatic heterocycles. The van der Waals surface area contributed by atoms with Gasteiger partial charge in [-0.05, 0) is 55.8 Å². The molecule has 0 fully saturated rings. The number of rotatable bonds is 6. The maximum atomic E-state index is 12.8. The minimum absolute atomic E-state index is 0.0902. The first-order valence-corrected chi connectivity index (χ1v) is 10.1. The Kier molecular flexibility index (Phi) is 6.82. The van der Waals surface area contributed by atoms with Crippen molar-refractivity contribution in [3.8, 4) is 5.75 Å². The van der Waals surface area contributed by atoms with Crippen LogP contribution in [-0.2, 0) is 21.0 Å². The number of alkyl halides is 3. The highest BCUT2D eigenvalue weighted by molar-refractivity contribution is 7.89. The van der Waals surface area contributed by atoms with E-state index < -0.39 is 33.7 Å². The zero-order valence-corrected chi connectivity index (χ0v) is 17.2. The van der Waals surface area contributed by atoms with Gasteiger partial charge in [0.2, 0.25) is 15.9 Å². The molecule has 1 atom stereocenters. The van der Waals surface area contributed by atoms with Gasteiger partial charge in [-0.15, -0.1) is 0 Å². The molecule has 0 radical (unpaired) electrons. The van der Waals surface area contributed by atoms with Crippen LogP contribution >= 0.6 is 11.6 Å². The number of benzene rings is 2. The first kappa shape index (κ1) is 23.0. The average Bonchev–Trinajstić information content (AvgIpc) is 2.62. The summed E-state index contributed by atoms with van der Waals surface area (Å²) in [5.74, 6) is -0.381. The van der Waals surface area contributed by atoms with E-state index in [2.05, 4.69) is 10.0 Å². The largest absolute Gasteiger partial charge is 0.496 e. The summed E-state index contributed by atoms with van der Waals surface area (Å²) in [5.41, 5.74) is -0.708. The molecule has 0 aliphatic rings. The van der Waals surface area contributed by atoms with Gasteiger partial charge in [-0.25, -0.2) is 8.42 Å². The zero-order valence-electron chi connectivity index (χ0n) is 15.6. The first-order chi connectivity index (χ1) is 13.3. The maximum absolute atomic E-state index is 12.8. The van der Waals surface area contributed by atoms with E-state index in [0.29, 0.717) is 17.4 Å². The highest BCUT2D eigenvalue weighted by Crippen LogP contribution is 2.33. The summed E-state index contributed by atoms with van der Waals surface area (Å²) in [6, 6.07) is 5.31. The van der Waals surface area contributed by atoms with Crippen molar-refractivity contribution in [1.29, 1.82) is 0 Å². The van der Waals surface area contributed by atoms with Crippen molar-refractivity contribution < 1.29 is 31.1 Å². The normalized spacial score (nSPS) is 13.1. The van der Waals surface area contributed by atoms with E-state index in [4.69, 9.17) is 16.3 Å². The number of sulfonamides is 1. The second kappa shape index (κ2) is 8.60. The second-order valence-electron chi connectivity index (χ2n) is 6.16. The number of hydrogen-bond acceptors (Lipinski definition) is 4. The fourth-order valence-corrected chi connectivity index (χ4v) is 3.86. The lowest BCUT2D eigenvalue weighted by atomic mass is 10.2. The third kappa shape index (κ3) is 5.62. The number of ether oxygens (including phenoxy) is 1. The van der Waals surface area contributed by atoms with Gasteiger partial charge in [0.05, 0.1) is 34.3 Å². The molecule has 0 unspecified atom stereocenters. The highest BCUT2D eigenvalue weighted by Gasteiger charge is 2.31. The van der Waals surface area contributed by atoms with Crippen LogP contribution in [0.1, 0.15) is 18.1 Å². The molecule has 2 aromatic carbocycles. The fourth-order valence-electron chi connectivity index (χ4n) is 2.41. The van der Waals surface area contributed by atoms with Crippen molar-refractivity contribution in [3.05, 3.63) is 52.5 Å². The van der Waals surface area contributed by atoms with Gasteiger partial charge in [0, 0.05) is 0 Å². The number of methoxy groups -OCH3 is 1. The third-order valence-electron chi connectivity index (χ3n) is 3.95. The number of halogens is 4. The molecule has 0 aromatic heterocycles. The molecular formula is C18H18ClF3N2O4S. The summed E-state index contributed by atoms with van der Waals surface area (Å²) in [6.45, 7) is 2.91. The number of carbonyl (C=O) groups is 1. The lowest BCUT2D eigenvalue weighted by Gasteiger charge is -2.17. The van der Waals surface area contributed by atoms with E-state index in [1.54, 1.807) is 6.92 Å². The van der Waals surface area contributed by atoms with E-state index in [-0.39, 0.29) is 15.6 Å². The third-order valence-corrected chi connectivity index (χ3v) is 5.82. The van der Waals surface area contributed by atoms with Gasteiger partial charge in [0.15, 0.2) is 0 Å². The minimum Gasteiger partial charge on any atom is -0.496 e. The zero-order chi connectivity index (χ0) is 22.0. The van der Waals surface area contributed by atoms with Crippen molar-refractivity contribution in [2.45, 2.75) is 31.0 Å². The maximum Gasteiger partial charge on any atom is 0.416 e. The van der Waals surface area contributed by atoms with E-state index >= 15 is 0 Å². The Labute approximate surface area is 171 Å². The average molecular weight is 451 g/mol. The van der Waals surface area contributed by atoms with E-state index in [1.807, 2.05) is 0 Å². The van der Waals surface area contributed by atoms with Crippen molar-refractivity contribution in [1.82, 2.24) is 4.72 Å². The summed E-state index contributed by atoms with van der Waals surface area (Å²) < 4.78 is 70.7. The summed E-state index contributed by atoms with van der Waals surface area (Å²) in [5, 5.41) is 2.09. The van der Waals surface area contributed by atoms with Crippen LogP contribution in [0.5, 0.6) is 5.75 Å². The van der Waals surface area contributed by atoms with Gasteiger partial charge in [0.1, 0.15) is 5.75 Å². The summed E-state index contributed by atoms with van der Waals surface area (Å²) in [4.78, 5) is 12.2. The van der Waals surface area contributed by atoms with E-state index in [0.717, 1.165) is 12.1 Å². The van der Waals surface area contributed by atoms with Crippen molar-refractivity contribution >= 4 is 33.2 Å². The molecule has 0 saturated heterocycles. The quantitative estimate of drug-likeness (QED) is 0.697. The van der Waals surface area contributed by atoms with Gasteiger partial charge >= 0.3 is 6.18 Å². The number of anilines is 1. The number of amides is 1. The van der Waals surface area contributed by atoms with E-state index in [1.165, 1.54) is 32.2 Å². The Bertz CT molecular complexity index is 1030. The molecule has 2 rings (SSSR count). The van der Waals surface area contributed by atoms with Crippen LogP contribution < -0.4 is 14.8 Å². The molecule has 0 heterocycles. The van der Waals surface area contributed by atoms with Crippen LogP contribution in [0, 0.1) is 6.92 Å². The van der Waals surface area contributed by atoms with Gasteiger partial charge in [-0.3, -0.25) is 4.79 Å². The molecule has 0 aliphatic carbocycles. The van der Waals surface area contributed by atoms with Gasteiger partial charge < -0.3 is 10.1 Å². The van der Waals surface area contributed by atoms with Crippen LogP contribution in [-0.4, -0.2) is 27.5 Å². The molecule has 0 saturated carbocycles. The molecule has 29 heavy (non-hydrogen) atoms. The van der Waals surface area contributed by atoms with Crippen LogP contribution in [0.2, 0.25) is 5.02 Å². The monoisotopic (exact) mass is 450 g/mol. The smallest absolute Gasteiger partial charge is 0.416 e. The van der Waals surface area contributed by atoms with Gasteiger partial charge in [0.25, 0.3) is 0 Å². The number of aryl methyl sites for hydroxylation is 1. The van der Waals surface area contributed by atoms with Crippen LogP contribution in [0.4, 0.5) is 18.9 Å². The molecule has 1 amide bonds. The van der Waals surface area contributed by atoms with Crippen molar-refractivity contribution in [2.24, 2.45) is 0 Å². The SMILES string of the molecule is COc1ccc(S(=O)(=O)N[C@@H](C)C(=O)Nc2cc(C(F)(F)F)ccc2Cl)cc1C. The Morgan fingerprint density at radius 3 is 2.38 bits per heavy atom. The van der Waals surface area contributed by atoms with Crippen LogP contribution in [0.3, 0.4) is 0 Å². The first-order valence-electron chi connectivity index (χ1n) is 8.19. The predicted molar refractivity (Wildman–Crippen MR) is 103 cm³/mol. The Hall–Kier alpha value is -2.30. The number of hydrogen-bond donors (Lipinski definition) is 2. The summed E-state index contributed by atoms with van der Waals surface area (Å²) >= 11 is 5.84. The van der Waals surface area contributed by atoms with Crippen LogP contribution in [0.15, 0.2) is 41.3 Å². The van der Waals surface area contributed by atoms with Crippen molar-refractivity contribution in [3.63, 3.8) is 0 Å². The van der Waals surface area contributed by atoms with Gasteiger partial charge in [-0.1, -0.05) is 11.6 Å². The standard InChI is InChI=1S/C18H18ClF3N2O4S/c1-10-8-13(5-7-16(10)28-3)29(26,27)24-11(2)17(25)23-15-9-12(18(20,21)22)4-6-14(15)19/h4-9,11,24H,1-3H3,(H,23,25)/t11-/m0/s1. The summed E-state index contributed by atoms with van der Waals surface area (Å²) in [7, 11) is -2.62. The Morgan fingerprint density at radius 2 is 1.83 bits per heavy atom. The molecule has 0 spiro atoms.